The van der Waals surface area contributed by atoms with E-state index in [4.69, 9.17) is 28.4 Å². The molecule has 0 saturated carbocycles. The summed E-state index contributed by atoms with van der Waals surface area (Å²) in [5.74, 6) is 1.28. The third-order valence-corrected chi connectivity index (χ3v) is 6.22. The molecule has 6 aromatic rings. The van der Waals surface area contributed by atoms with Crippen LogP contribution >= 0.6 is 0 Å². The molecule has 0 unspecified atom stereocenters. The molecule has 0 aromatic heterocycles. The number of fused-ring (bicyclic) bond motifs is 1. The van der Waals surface area contributed by atoms with Gasteiger partial charge in [0, 0.05) is 10.8 Å². The summed E-state index contributed by atoms with van der Waals surface area (Å²) in [5, 5.41) is 0.762. The highest BCUT2D eigenvalue weighted by Gasteiger charge is 2.30. The fourth-order valence-corrected chi connectivity index (χ4v) is 4.31. The highest BCUT2D eigenvalue weighted by atomic mass is 16.7. The molecule has 6 aromatic carbocycles. The third-order valence-electron chi connectivity index (χ3n) is 6.22. The SMILES string of the molecule is O=C(Oc1ccccc1)Oc1c(Oc2ccccc2)c(Oc2ccccc2)c(OC(=O)Oc2ccccc2)c2ccccc12. The monoisotopic (exact) mass is 584 g/mol. The van der Waals surface area contributed by atoms with Crippen LogP contribution in [0.5, 0.6) is 46.0 Å². The highest BCUT2D eigenvalue weighted by molar-refractivity contribution is 6.01. The van der Waals surface area contributed by atoms with Crippen molar-refractivity contribution in [1.82, 2.24) is 0 Å². The summed E-state index contributed by atoms with van der Waals surface area (Å²) in [6, 6.07) is 41.6. The standard InChI is InChI=1S/C36H24O8/c37-35(41-27-19-9-3-10-20-27)43-31-29-23-13-14-24-30(29)32(44-36(38)42-28-21-11-4-12-22-28)34(40-26-17-7-2-8-18-26)33(31)39-25-15-5-1-6-16-25/h1-24H. The van der Waals surface area contributed by atoms with Crippen molar-refractivity contribution in [2.24, 2.45) is 0 Å². The Hall–Kier alpha value is -6.28. The minimum atomic E-state index is -1.01. The maximum Gasteiger partial charge on any atom is 0.519 e. The van der Waals surface area contributed by atoms with E-state index in [1.807, 2.05) is 12.1 Å². The molecule has 8 heteroatoms. The van der Waals surface area contributed by atoms with Gasteiger partial charge in [-0.25, -0.2) is 9.59 Å². The van der Waals surface area contributed by atoms with Crippen molar-refractivity contribution < 1.29 is 38.0 Å². The zero-order valence-corrected chi connectivity index (χ0v) is 23.1. The topological polar surface area (TPSA) is 89.5 Å². The lowest BCUT2D eigenvalue weighted by atomic mass is 10.1. The first kappa shape index (κ1) is 27.9. The molecule has 0 saturated heterocycles. The molecule has 216 valence electrons. The molecular formula is C36H24O8. The van der Waals surface area contributed by atoms with Crippen molar-refractivity contribution in [1.29, 1.82) is 0 Å². The van der Waals surface area contributed by atoms with Crippen molar-refractivity contribution >= 4 is 23.1 Å². The summed E-state index contributed by atoms with van der Waals surface area (Å²) in [5.41, 5.74) is 0. The van der Waals surface area contributed by atoms with Crippen LogP contribution in [0.2, 0.25) is 0 Å². The van der Waals surface area contributed by atoms with Crippen LogP contribution in [0.4, 0.5) is 9.59 Å². The summed E-state index contributed by atoms with van der Waals surface area (Å²) in [6.07, 6.45) is -2.02. The summed E-state index contributed by atoms with van der Waals surface area (Å²) in [4.78, 5) is 26.2. The number of ether oxygens (including phenoxy) is 6. The molecule has 0 radical (unpaired) electrons. The van der Waals surface area contributed by atoms with Crippen molar-refractivity contribution in [2.75, 3.05) is 0 Å². The average molecular weight is 585 g/mol. The fraction of sp³-hybridized carbons (Fsp3) is 0. The minimum absolute atomic E-state index is 0.0138. The van der Waals surface area contributed by atoms with Crippen LogP contribution in [0, 0.1) is 0 Å². The van der Waals surface area contributed by atoms with Gasteiger partial charge in [-0.15, -0.1) is 0 Å². The van der Waals surface area contributed by atoms with Gasteiger partial charge in [-0.3, -0.25) is 0 Å². The molecule has 0 aliphatic rings. The molecule has 0 heterocycles. The van der Waals surface area contributed by atoms with E-state index in [0.717, 1.165) is 0 Å². The molecule has 0 fully saturated rings. The molecule has 0 aliphatic heterocycles. The maximum atomic E-state index is 13.1. The second-order valence-corrected chi connectivity index (χ2v) is 9.23. The molecule has 0 N–H and O–H groups in total. The molecule has 0 aliphatic carbocycles. The first-order valence-corrected chi connectivity index (χ1v) is 13.6. The van der Waals surface area contributed by atoms with Gasteiger partial charge in [0.05, 0.1) is 0 Å². The molecule has 0 spiro atoms. The Morgan fingerprint density at radius 3 is 0.955 bits per heavy atom. The molecule has 8 nitrogen and oxygen atoms in total. The lowest BCUT2D eigenvalue weighted by molar-refractivity contribution is 0.148. The molecule has 0 amide bonds. The maximum absolute atomic E-state index is 13.1. The van der Waals surface area contributed by atoms with E-state index >= 15 is 0 Å². The van der Waals surface area contributed by atoms with Gasteiger partial charge in [0.15, 0.2) is 11.5 Å². The Balaban J connectivity index is 1.51. The largest absolute Gasteiger partial charge is 0.519 e. The summed E-state index contributed by atoms with van der Waals surface area (Å²) < 4.78 is 35.2. The Bertz CT molecular complexity index is 1740. The van der Waals surface area contributed by atoms with Crippen molar-refractivity contribution in [3.63, 3.8) is 0 Å². The van der Waals surface area contributed by atoms with E-state index in [1.54, 1.807) is 133 Å². The number of carbonyl (C=O) groups excluding carboxylic acids is 2. The van der Waals surface area contributed by atoms with E-state index in [2.05, 4.69) is 0 Å². The van der Waals surface area contributed by atoms with Crippen LogP contribution in [0.25, 0.3) is 10.8 Å². The molecule has 0 bridgehead atoms. The van der Waals surface area contributed by atoms with Gasteiger partial charge in [-0.2, -0.15) is 0 Å². The Kier molecular flexibility index (Phi) is 8.32. The first-order chi connectivity index (χ1) is 21.6. The predicted octanol–water partition coefficient (Wildman–Crippen LogP) is 9.58. The van der Waals surface area contributed by atoms with Crippen molar-refractivity contribution in [2.45, 2.75) is 0 Å². The third kappa shape index (κ3) is 6.61. The van der Waals surface area contributed by atoms with Crippen LogP contribution in [0.3, 0.4) is 0 Å². The van der Waals surface area contributed by atoms with Crippen molar-refractivity contribution in [3.05, 3.63) is 146 Å². The number of carbonyl (C=O) groups is 2. The van der Waals surface area contributed by atoms with Crippen LogP contribution in [-0.4, -0.2) is 12.3 Å². The Morgan fingerprint density at radius 1 is 0.318 bits per heavy atom. The number of hydrogen-bond acceptors (Lipinski definition) is 8. The lowest BCUT2D eigenvalue weighted by Gasteiger charge is -2.21. The lowest BCUT2D eigenvalue weighted by Crippen LogP contribution is -2.16. The van der Waals surface area contributed by atoms with E-state index in [9.17, 15) is 9.59 Å². The van der Waals surface area contributed by atoms with Gasteiger partial charge >= 0.3 is 12.3 Å². The average Bonchev–Trinajstić information content (AvgIpc) is 3.06. The predicted molar refractivity (Wildman–Crippen MR) is 163 cm³/mol. The molecule has 44 heavy (non-hydrogen) atoms. The van der Waals surface area contributed by atoms with Gasteiger partial charge in [0.2, 0.25) is 11.5 Å². The fourth-order valence-electron chi connectivity index (χ4n) is 4.31. The van der Waals surface area contributed by atoms with Gasteiger partial charge in [0.1, 0.15) is 23.0 Å². The second-order valence-electron chi connectivity index (χ2n) is 9.23. The Morgan fingerprint density at radius 2 is 0.614 bits per heavy atom. The van der Waals surface area contributed by atoms with E-state index < -0.39 is 12.3 Å². The van der Waals surface area contributed by atoms with Gasteiger partial charge in [-0.05, 0) is 48.5 Å². The Labute approximate surface area is 252 Å². The minimum Gasteiger partial charge on any atom is -0.449 e. The number of benzene rings is 6. The number of rotatable bonds is 8. The zero-order valence-electron chi connectivity index (χ0n) is 23.1. The van der Waals surface area contributed by atoms with Gasteiger partial charge < -0.3 is 28.4 Å². The quantitative estimate of drug-likeness (QED) is 0.129. The summed E-state index contributed by atoms with van der Waals surface area (Å²) >= 11 is 0. The van der Waals surface area contributed by atoms with Crippen LogP contribution in [0.1, 0.15) is 0 Å². The number of para-hydroxylation sites is 4. The van der Waals surface area contributed by atoms with Crippen LogP contribution in [0.15, 0.2) is 146 Å². The molecule has 0 atom stereocenters. The smallest absolute Gasteiger partial charge is 0.449 e. The van der Waals surface area contributed by atoms with Crippen LogP contribution in [-0.2, 0) is 0 Å². The van der Waals surface area contributed by atoms with Crippen molar-refractivity contribution in [3.8, 4) is 46.0 Å². The second kappa shape index (κ2) is 13.1. The highest BCUT2D eigenvalue weighted by Crippen LogP contribution is 2.54. The first-order valence-electron chi connectivity index (χ1n) is 13.6. The zero-order chi connectivity index (χ0) is 30.1. The normalized spacial score (nSPS) is 10.5. The number of hydrogen-bond donors (Lipinski definition) is 0. The van der Waals surface area contributed by atoms with Gasteiger partial charge in [-0.1, -0.05) is 97.1 Å². The molecular weight excluding hydrogens is 560 g/mol. The van der Waals surface area contributed by atoms with E-state index in [-0.39, 0.29) is 34.5 Å². The molecule has 6 rings (SSSR count). The van der Waals surface area contributed by atoms with Crippen LogP contribution < -0.4 is 28.4 Å². The van der Waals surface area contributed by atoms with E-state index in [0.29, 0.717) is 22.3 Å². The van der Waals surface area contributed by atoms with Gasteiger partial charge in [0.25, 0.3) is 0 Å². The summed E-state index contributed by atoms with van der Waals surface area (Å²) in [7, 11) is 0. The van der Waals surface area contributed by atoms with E-state index in [1.165, 1.54) is 0 Å². The summed E-state index contributed by atoms with van der Waals surface area (Å²) in [6.45, 7) is 0.